The average molecular weight is 540 g/mol. The number of fused-ring (bicyclic) bond motifs is 1. The van der Waals surface area contributed by atoms with Crippen molar-refractivity contribution in [2.24, 2.45) is 0 Å². The van der Waals surface area contributed by atoms with Crippen LogP contribution in [0.2, 0.25) is 0 Å². The summed E-state index contributed by atoms with van der Waals surface area (Å²) in [6, 6.07) is 4.18. The fourth-order valence-electron chi connectivity index (χ4n) is 5.25. The molecule has 0 spiro atoms. The van der Waals surface area contributed by atoms with E-state index in [1.54, 1.807) is 24.5 Å². The SMILES string of the molecule is Cc1c(Br)c(=O)n(C2CCCC2)c2nc(Nc3ccc(C(=O)N4CC(C)NC(C)C4)cn3)ncc12. The van der Waals surface area contributed by atoms with Crippen molar-refractivity contribution in [2.45, 2.75) is 64.6 Å². The van der Waals surface area contributed by atoms with Gasteiger partial charge in [-0.2, -0.15) is 4.98 Å². The average Bonchev–Trinajstić information content (AvgIpc) is 3.37. The van der Waals surface area contributed by atoms with E-state index in [-0.39, 0.29) is 29.6 Å². The molecule has 1 saturated heterocycles. The van der Waals surface area contributed by atoms with Gasteiger partial charge in [0.25, 0.3) is 11.5 Å². The molecule has 2 atom stereocenters. The molecule has 9 nitrogen and oxygen atoms in total. The smallest absolute Gasteiger partial charge is 0.267 e. The Morgan fingerprint density at radius 1 is 1.11 bits per heavy atom. The van der Waals surface area contributed by atoms with Gasteiger partial charge in [0.15, 0.2) is 0 Å². The second-order valence-electron chi connectivity index (χ2n) is 9.72. The number of pyridine rings is 2. The van der Waals surface area contributed by atoms with Crippen molar-refractivity contribution in [2.75, 3.05) is 18.4 Å². The minimum atomic E-state index is -0.0518. The quantitative estimate of drug-likeness (QED) is 0.517. The van der Waals surface area contributed by atoms with Crippen molar-refractivity contribution in [3.8, 4) is 0 Å². The number of aryl methyl sites for hydroxylation is 1. The Morgan fingerprint density at radius 2 is 1.83 bits per heavy atom. The van der Waals surface area contributed by atoms with Crippen LogP contribution in [0.1, 0.15) is 61.5 Å². The van der Waals surface area contributed by atoms with Crippen LogP contribution in [0.4, 0.5) is 11.8 Å². The lowest BCUT2D eigenvalue weighted by Crippen LogP contribution is -2.55. The summed E-state index contributed by atoms with van der Waals surface area (Å²) in [7, 11) is 0. The Kier molecular flexibility index (Phi) is 6.59. The van der Waals surface area contributed by atoms with Gasteiger partial charge in [-0.15, -0.1) is 0 Å². The Labute approximate surface area is 212 Å². The maximum absolute atomic E-state index is 13.1. The standard InChI is InChI=1S/C25H30BrN7O2/c1-14-12-32(13-15(2)29-14)23(34)17-8-9-20(27-10-17)30-25-28-11-19-16(3)21(26)24(35)33(22(19)31-25)18-6-4-5-7-18/h8-11,14-15,18,29H,4-7,12-13H2,1-3H3,(H,27,28,30,31). The molecule has 1 saturated carbocycles. The minimum absolute atomic E-state index is 0.0205. The third-order valence-electron chi connectivity index (χ3n) is 6.92. The zero-order chi connectivity index (χ0) is 24.7. The normalized spacial score (nSPS) is 21.0. The molecule has 5 rings (SSSR count). The lowest BCUT2D eigenvalue weighted by molar-refractivity contribution is 0.0673. The molecule has 4 heterocycles. The van der Waals surface area contributed by atoms with Gasteiger partial charge in [0, 0.05) is 49.0 Å². The van der Waals surface area contributed by atoms with Gasteiger partial charge in [-0.3, -0.25) is 14.2 Å². The molecule has 3 aromatic heterocycles. The zero-order valence-electron chi connectivity index (χ0n) is 20.2. The third kappa shape index (κ3) is 4.69. The largest absolute Gasteiger partial charge is 0.335 e. The molecule has 10 heteroatoms. The van der Waals surface area contributed by atoms with E-state index in [1.165, 1.54) is 0 Å². The fraction of sp³-hybridized carbons (Fsp3) is 0.480. The van der Waals surface area contributed by atoms with Gasteiger partial charge in [-0.05, 0) is 67.2 Å². The number of nitrogens with zero attached hydrogens (tertiary/aromatic N) is 5. The van der Waals surface area contributed by atoms with Crippen LogP contribution in [0.15, 0.2) is 33.8 Å². The number of nitrogens with one attached hydrogen (secondary N) is 2. The summed E-state index contributed by atoms with van der Waals surface area (Å²) in [4.78, 5) is 41.5. The predicted octanol–water partition coefficient (Wildman–Crippen LogP) is 3.94. The van der Waals surface area contributed by atoms with Gasteiger partial charge in [0.2, 0.25) is 5.95 Å². The Bertz CT molecular complexity index is 1310. The number of aromatic nitrogens is 4. The first kappa shape index (κ1) is 23.9. The first-order valence-electron chi connectivity index (χ1n) is 12.2. The Balaban J connectivity index is 1.41. The topological polar surface area (TPSA) is 105 Å². The third-order valence-corrected chi connectivity index (χ3v) is 7.86. The maximum Gasteiger partial charge on any atom is 0.267 e. The van der Waals surface area contributed by atoms with E-state index in [0.717, 1.165) is 36.6 Å². The Morgan fingerprint density at radius 3 is 2.49 bits per heavy atom. The summed E-state index contributed by atoms with van der Waals surface area (Å²) in [5.41, 5.74) is 1.97. The Hall–Kier alpha value is -2.85. The van der Waals surface area contributed by atoms with Crippen molar-refractivity contribution in [1.82, 2.24) is 29.7 Å². The highest BCUT2D eigenvalue weighted by Crippen LogP contribution is 2.32. The van der Waals surface area contributed by atoms with Gasteiger partial charge in [0.1, 0.15) is 11.5 Å². The maximum atomic E-state index is 13.1. The lowest BCUT2D eigenvalue weighted by Gasteiger charge is -2.36. The molecule has 35 heavy (non-hydrogen) atoms. The van der Waals surface area contributed by atoms with Crippen molar-refractivity contribution in [1.29, 1.82) is 0 Å². The number of carbonyl (C=O) groups excluding carboxylic acids is 1. The highest BCUT2D eigenvalue weighted by atomic mass is 79.9. The second-order valence-corrected chi connectivity index (χ2v) is 10.5. The molecule has 0 bridgehead atoms. The number of halogens is 1. The highest BCUT2D eigenvalue weighted by Gasteiger charge is 2.26. The van der Waals surface area contributed by atoms with Gasteiger partial charge < -0.3 is 15.5 Å². The van der Waals surface area contributed by atoms with Crippen LogP contribution in [-0.2, 0) is 0 Å². The molecule has 0 aromatic carbocycles. The van der Waals surface area contributed by atoms with E-state index in [9.17, 15) is 9.59 Å². The van der Waals surface area contributed by atoms with Crippen LogP contribution >= 0.6 is 15.9 Å². The second kappa shape index (κ2) is 9.66. The molecule has 2 unspecified atom stereocenters. The molecule has 2 aliphatic rings. The summed E-state index contributed by atoms with van der Waals surface area (Å²) in [6.07, 6.45) is 7.50. The van der Waals surface area contributed by atoms with E-state index in [2.05, 4.69) is 50.4 Å². The minimum Gasteiger partial charge on any atom is -0.335 e. The molecular formula is C25H30BrN7O2. The van der Waals surface area contributed by atoms with Crippen LogP contribution in [0.25, 0.3) is 11.0 Å². The number of carbonyl (C=O) groups is 1. The van der Waals surface area contributed by atoms with E-state index >= 15 is 0 Å². The van der Waals surface area contributed by atoms with Crippen LogP contribution < -0.4 is 16.2 Å². The summed E-state index contributed by atoms with van der Waals surface area (Å²) in [5, 5.41) is 7.42. The van der Waals surface area contributed by atoms with Gasteiger partial charge in [-0.1, -0.05) is 12.8 Å². The first-order valence-corrected chi connectivity index (χ1v) is 13.0. The molecule has 1 aliphatic carbocycles. The summed E-state index contributed by atoms with van der Waals surface area (Å²) >= 11 is 3.48. The molecular weight excluding hydrogens is 510 g/mol. The number of piperazine rings is 1. The van der Waals surface area contributed by atoms with E-state index in [4.69, 9.17) is 4.98 Å². The molecule has 2 N–H and O–H groups in total. The lowest BCUT2D eigenvalue weighted by atomic mass is 10.1. The molecule has 184 valence electrons. The predicted molar refractivity (Wildman–Crippen MR) is 139 cm³/mol. The summed E-state index contributed by atoms with van der Waals surface area (Å²) in [6.45, 7) is 7.41. The van der Waals surface area contributed by atoms with Crippen molar-refractivity contribution >= 4 is 44.6 Å². The van der Waals surface area contributed by atoms with Crippen LogP contribution in [0, 0.1) is 6.92 Å². The molecule has 0 radical (unpaired) electrons. The molecule has 1 amide bonds. The van der Waals surface area contributed by atoms with Crippen LogP contribution in [-0.4, -0.2) is 55.5 Å². The van der Waals surface area contributed by atoms with E-state index in [0.29, 0.717) is 40.5 Å². The highest BCUT2D eigenvalue weighted by molar-refractivity contribution is 9.10. The van der Waals surface area contributed by atoms with E-state index in [1.807, 2.05) is 16.4 Å². The number of hydrogen-bond donors (Lipinski definition) is 2. The number of anilines is 2. The van der Waals surface area contributed by atoms with Crippen LogP contribution in [0.3, 0.4) is 0 Å². The van der Waals surface area contributed by atoms with E-state index < -0.39 is 0 Å². The van der Waals surface area contributed by atoms with Crippen molar-refractivity contribution < 1.29 is 4.79 Å². The molecule has 2 fully saturated rings. The number of hydrogen-bond acceptors (Lipinski definition) is 7. The number of amides is 1. The van der Waals surface area contributed by atoms with Gasteiger partial charge >= 0.3 is 0 Å². The zero-order valence-corrected chi connectivity index (χ0v) is 21.8. The van der Waals surface area contributed by atoms with Crippen LogP contribution in [0.5, 0.6) is 0 Å². The summed E-state index contributed by atoms with van der Waals surface area (Å²) < 4.78 is 2.38. The summed E-state index contributed by atoms with van der Waals surface area (Å²) in [5.74, 6) is 0.876. The monoisotopic (exact) mass is 539 g/mol. The number of rotatable bonds is 4. The first-order chi connectivity index (χ1) is 16.8. The molecule has 1 aliphatic heterocycles. The molecule has 3 aromatic rings. The van der Waals surface area contributed by atoms with Gasteiger partial charge in [-0.25, -0.2) is 9.97 Å². The van der Waals surface area contributed by atoms with Gasteiger partial charge in [0.05, 0.1) is 10.0 Å². The fourth-order valence-corrected chi connectivity index (χ4v) is 5.65. The van der Waals surface area contributed by atoms with Crippen molar-refractivity contribution in [3.63, 3.8) is 0 Å². The van der Waals surface area contributed by atoms with Crippen molar-refractivity contribution in [3.05, 3.63) is 50.5 Å².